The second-order valence-electron chi connectivity index (χ2n) is 4.18. The van der Waals surface area contributed by atoms with E-state index in [1.54, 1.807) is 4.90 Å². The number of hydrogen-bond acceptors (Lipinski definition) is 2. The van der Waals surface area contributed by atoms with Gasteiger partial charge in [0.2, 0.25) is 0 Å². The molecule has 0 aliphatic carbocycles. The minimum atomic E-state index is -0.903. The maximum atomic E-state index is 13.4. The van der Waals surface area contributed by atoms with Crippen molar-refractivity contribution in [3.63, 3.8) is 0 Å². The van der Waals surface area contributed by atoms with Crippen LogP contribution in [-0.2, 0) is 11.3 Å². The molecular weight excluding hydrogens is 228 g/mol. The molecule has 0 spiro atoms. The number of hydrogen-bond donors (Lipinski definition) is 1. The maximum Gasteiger partial charge on any atom is 0.320 e. The van der Waals surface area contributed by atoms with Crippen LogP contribution in [-0.4, -0.2) is 28.6 Å². The predicted molar refractivity (Wildman–Crippen MR) is 57.4 cm³/mol. The monoisotopic (exact) mass is 241 g/mol. The summed E-state index contributed by atoms with van der Waals surface area (Å²) in [7, 11) is 0. The normalized spacial score (nSPS) is 20.7. The smallest absolute Gasteiger partial charge is 0.320 e. The molecule has 92 valence electrons. The van der Waals surface area contributed by atoms with E-state index < -0.39 is 23.6 Å². The third-order valence-electron chi connectivity index (χ3n) is 3.05. The van der Waals surface area contributed by atoms with Crippen LogP contribution in [0.4, 0.5) is 8.78 Å². The van der Waals surface area contributed by atoms with Crippen molar-refractivity contribution in [1.82, 2.24) is 4.90 Å². The van der Waals surface area contributed by atoms with Crippen LogP contribution in [0.15, 0.2) is 18.2 Å². The molecule has 2 rings (SSSR count). The number of carboxylic acid groups (broad SMARTS) is 1. The highest BCUT2D eigenvalue weighted by Crippen LogP contribution is 2.22. The van der Waals surface area contributed by atoms with E-state index in [1.165, 1.54) is 12.1 Å². The van der Waals surface area contributed by atoms with Crippen molar-refractivity contribution in [2.24, 2.45) is 0 Å². The van der Waals surface area contributed by atoms with Crippen LogP contribution in [0.2, 0.25) is 0 Å². The van der Waals surface area contributed by atoms with Crippen molar-refractivity contribution in [3.05, 3.63) is 35.4 Å². The molecule has 0 unspecified atom stereocenters. The Labute approximate surface area is 97.7 Å². The van der Waals surface area contributed by atoms with E-state index in [0.717, 1.165) is 12.5 Å². The zero-order valence-corrected chi connectivity index (χ0v) is 9.20. The summed E-state index contributed by atoms with van der Waals surface area (Å²) in [5.74, 6) is -2.68. The standard InChI is InChI=1S/C12H13F2NO2/c13-9-4-1-3-8(11(9)14)7-15-6-2-5-10(15)12(16)17/h1,3-4,10H,2,5-7H2,(H,16,17)/t10-/m0/s1. The van der Waals surface area contributed by atoms with Crippen LogP contribution in [0.1, 0.15) is 18.4 Å². The molecule has 5 heteroatoms. The van der Waals surface area contributed by atoms with Crippen LogP contribution in [0.5, 0.6) is 0 Å². The van der Waals surface area contributed by atoms with Gasteiger partial charge in [-0.1, -0.05) is 12.1 Å². The highest BCUT2D eigenvalue weighted by atomic mass is 19.2. The molecular formula is C12H13F2NO2. The van der Waals surface area contributed by atoms with Crippen molar-refractivity contribution in [3.8, 4) is 0 Å². The largest absolute Gasteiger partial charge is 0.480 e. The summed E-state index contributed by atoms with van der Waals surface area (Å²) in [5, 5.41) is 8.98. The molecule has 0 aromatic heterocycles. The Hall–Kier alpha value is -1.49. The van der Waals surface area contributed by atoms with Gasteiger partial charge in [0.15, 0.2) is 11.6 Å². The second-order valence-corrected chi connectivity index (χ2v) is 4.18. The van der Waals surface area contributed by atoms with Crippen molar-refractivity contribution in [2.45, 2.75) is 25.4 Å². The fourth-order valence-corrected chi connectivity index (χ4v) is 2.18. The summed E-state index contributed by atoms with van der Waals surface area (Å²) < 4.78 is 26.4. The van der Waals surface area contributed by atoms with Crippen LogP contribution in [0.3, 0.4) is 0 Å². The lowest BCUT2D eigenvalue weighted by atomic mass is 10.1. The number of carbonyl (C=O) groups is 1. The summed E-state index contributed by atoms with van der Waals surface area (Å²) in [6, 6.07) is 3.38. The van der Waals surface area contributed by atoms with Crippen LogP contribution >= 0.6 is 0 Å². The number of carboxylic acids is 1. The lowest BCUT2D eigenvalue weighted by molar-refractivity contribution is -0.142. The van der Waals surface area contributed by atoms with Gasteiger partial charge in [-0.3, -0.25) is 9.69 Å². The fraction of sp³-hybridized carbons (Fsp3) is 0.417. The minimum Gasteiger partial charge on any atom is -0.480 e. The Balaban J connectivity index is 2.15. The zero-order valence-electron chi connectivity index (χ0n) is 9.20. The number of nitrogens with zero attached hydrogens (tertiary/aromatic N) is 1. The number of halogens is 2. The Morgan fingerprint density at radius 1 is 1.47 bits per heavy atom. The van der Waals surface area contributed by atoms with Gasteiger partial charge < -0.3 is 5.11 Å². The molecule has 1 fully saturated rings. The van der Waals surface area contributed by atoms with Gasteiger partial charge in [-0.05, 0) is 25.5 Å². The lowest BCUT2D eigenvalue weighted by Gasteiger charge is -2.21. The molecule has 1 heterocycles. The Kier molecular flexibility index (Phi) is 3.38. The van der Waals surface area contributed by atoms with E-state index in [1.807, 2.05) is 0 Å². The summed E-state index contributed by atoms with van der Waals surface area (Å²) in [4.78, 5) is 12.6. The summed E-state index contributed by atoms with van der Waals surface area (Å²) in [6.45, 7) is 0.744. The number of aliphatic carboxylic acids is 1. The topological polar surface area (TPSA) is 40.5 Å². The first kappa shape index (κ1) is 12.0. The fourth-order valence-electron chi connectivity index (χ4n) is 2.18. The number of rotatable bonds is 3. The van der Waals surface area contributed by atoms with Gasteiger partial charge >= 0.3 is 5.97 Å². The number of likely N-dealkylation sites (tertiary alicyclic amines) is 1. The molecule has 1 N–H and O–H groups in total. The molecule has 0 radical (unpaired) electrons. The molecule has 0 amide bonds. The van der Waals surface area contributed by atoms with Crippen LogP contribution in [0.25, 0.3) is 0 Å². The summed E-state index contributed by atoms with van der Waals surface area (Å²) in [6.07, 6.45) is 1.33. The third-order valence-corrected chi connectivity index (χ3v) is 3.05. The first-order valence-corrected chi connectivity index (χ1v) is 5.49. The van der Waals surface area contributed by atoms with E-state index in [4.69, 9.17) is 5.11 Å². The molecule has 1 aliphatic heterocycles. The van der Waals surface area contributed by atoms with Crippen LogP contribution in [0, 0.1) is 11.6 Å². The molecule has 1 aliphatic rings. The first-order chi connectivity index (χ1) is 8.09. The van der Waals surface area contributed by atoms with E-state index in [9.17, 15) is 13.6 Å². The molecule has 1 aromatic rings. The van der Waals surface area contributed by atoms with Gasteiger partial charge in [-0.25, -0.2) is 8.78 Å². The van der Waals surface area contributed by atoms with Gasteiger partial charge in [-0.2, -0.15) is 0 Å². The average molecular weight is 241 g/mol. The van der Waals surface area contributed by atoms with Gasteiger partial charge in [0, 0.05) is 12.1 Å². The zero-order chi connectivity index (χ0) is 12.4. The van der Waals surface area contributed by atoms with Crippen molar-refractivity contribution >= 4 is 5.97 Å². The third kappa shape index (κ3) is 2.44. The molecule has 3 nitrogen and oxygen atoms in total. The highest BCUT2D eigenvalue weighted by Gasteiger charge is 2.30. The SMILES string of the molecule is O=C(O)[C@@H]1CCCN1Cc1cccc(F)c1F. The van der Waals surface area contributed by atoms with Gasteiger partial charge in [0.25, 0.3) is 0 Å². The Morgan fingerprint density at radius 3 is 2.94 bits per heavy atom. The molecule has 1 aromatic carbocycles. The first-order valence-electron chi connectivity index (χ1n) is 5.49. The van der Waals surface area contributed by atoms with Crippen molar-refractivity contribution in [2.75, 3.05) is 6.54 Å². The van der Waals surface area contributed by atoms with Crippen molar-refractivity contribution < 1.29 is 18.7 Å². The van der Waals surface area contributed by atoms with Gasteiger partial charge in [-0.15, -0.1) is 0 Å². The summed E-state index contributed by atoms with van der Waals surface area (Å²) >= 11 is 0. The lowest BCUT2D eigenvalue weighted by Crippen LogP contribution is -2.35. The second kappa shape index (κ2) is 4.79. The molecule has 1 atom stereocenters. The summed E-state index contributed by atoms with van der Waals surface area (Å²) in [5.41, 5.74) is 0.207. The number of benzene rings is 1. The maximum absolute atomic E-state index is 13.4. The van der Waals surface area contributed by atoms with Crippen LogP contribution < -0.4 is 0 Å². The van der Waals surface area contributed by atoms with E-state index in [-0.39, 0.29) is 12.1 Å². The predicted octanol–water partition coefficient (Wildman–Crippen LogP) is 2.01. The molecule has 1 saturated heterocycles. The minimum absolute atomic E-state index is 0.139. The highest BCUT2D eigenvalue weighted by molar-refractivity contribution is 5.73. The van der Waals surface area contributed by atoms with E-state index in [0.29, 0.717) is 13.0 Å². The van der Waals surface area contributed by atoms with Gasteiger partial charge in [0.1, 0.15) is 6.04 Å². The average Bonchev–Trinajstić information content (AvgIpc) is 2.73. The van der Waals surface area contributed by atoms with E-state index in [2.05, 4.69) is 0 Å². The molecule has 0 bridgehead atoms. The van der Waals surface area contributed by atoms with Crippen molar-refractivity contribution in [1.29, 1.82) is 0 Å². The Morgan fingerprint density at radius 2 is 2.24 bits per heavy atom. The molecule has 17 heavy (non-hydrogen) atoms. The van der Waals surface area contributed by atoms with E-state index >= 15 is 0 Å². The molecule has 0 saturated carbocycles. The van der Waals surface area contributed by atoms with Gasteiger partial charge in [0.05, 0.1) is 0 Å². The quantitative estimate of drug-likeness (QED) is 0.880. The Bertz CT molecular complexity index is 437.